The molecule has 1 saturated heterocycles. The van der Waals surface area contributed by atoms with E-state index in [0.29, 0.717) is 31.2 Å². The van der Waals surface area contributed by atoms with Crippen LogP contribution in [-0.2, 0) is 9.59 Å². The first-order valence-electron chi connectivity index (χ1n) is 5.82. The maximum Gasteiger partial charge on any atom is 0.235 e. The Balaban J connectivity index is 1.96. The van der Waals surface area contributed by atoms with Crippen LogP contribution in [0.4, 0.5) is 0 Å². The number of carbonyl (C=O) groups excluding carboxylic acids is 2. The molecule has 0 spiro atoms. The molecule has 1 saturated carbocycles. The number of carbonyl (C=O) groups is 2. The normalized spacial score (nSPS) is 22.2. The van der Waals surface area contributed by atoms with E-state index < -0.39 is 5.41 Å². The number of hydrogen-bond donors (Lipinski definition) is 1. The van der Waals surface area contributed by atoms with Crippen molar-refractivity contribution in [1.82, 2.24) is 9.80 Å². The Morgan fingerprint density at radius 1 is 1.12 bits per heavy atom. The van der Waals surface area contributed by atoms with Crippen molar-refractivity contribution >= 4 is 29.0 Å². The molecule has 0 aromatic carbocycles. The zero-order valence-corrected chi connectivity index (χ0v) is 10.8. The fraction of sp³-hybridized carbons (Fsp3) is 0.727. The van der Waals surface area contributed by atoms with Crippen molar-refractivity contribution in [3.8, 4) is 0 Å². The van der Waals surface area contributed by atoms with Gasteiger partial charge in [-0.1, -0.05) is 12.2 Å². The van der Waals surface area contributed by atoms with E-state index in [1.54, 1.807) is 16.7 Å². The van der Waals surface area contributed by atoms with Crippen molar-refractivity contribution in [2.24, 2.45) is 11.1 Å². The summed E-state index contributed by atoms with van der Waals surface area (Å²) in [6, 6.07) is 0. The lowest BCUT2D eigenvalue weighted by Crippen LogP contribution is -2.53. The molecule has 0 bridgehead atoms. The number of amides is 2. The molecule has 2 fully saturated rings. The Hall–Kier alpha value is -1.17. The second-order valence-corrected chi connectivity index (χ2v) is 5.18. The molecule has 1 aliphatic carbocycles. The standard InChI is InChI=1S/C11H17N3O2S/c1-8(15)13-4-6-14(7-5-13)10(16)11(2-3-11)9(12)17/h2-7H2,1H3,(H2,12,17). The lowest BCUT2D eigenvalue weighted by Gasteiger charge is -2.36. The van der Waals surface area contributed by atoms with Crippen molar-refractivity contribution in [2.75, 3.05) is 26.2 Å². The molecular weight excluding hydrogens is 238 g/mol. The minimum absolute atomic E-state index is 0.0493. The summed E-state index contributed by atoms with van der Waals surface area (Å²) in [5.74, 6) is 0.112. The van der Waals surface area contributed by atoms with Gasteiger partial charge < -0.3 is 15.5 Å². The Kier molecular flexibility index (Phi) is 3.07. The van der Waals surface area contributed by atoms with E-state index in [1.165, 1.54) is 0 Å². The van der Waals surface area contributed by atoms with Crippen molar-refractivity contribution in [1.29, 1.82) is 0 Å². The maximum atomic E-state index is 12.3. The third-order valence-electron chi connectivity index (χ3n) is 3.64. The second kappa shape index (κ2) is 4.25. The van der Waals surface area contributed by atoms with Crippen LogP contribution in [0.5, 0.6) is 0 Å². The first kappa shape index (κ1) is 12.3. The molecule has 5 nitrogen and oxygen atoms in total. The Morgan fingerprint density at radius 2 is 1.59 bits per heavy atom. The highest BCUT2D eigenvalue weighted by atomic mass is 32.1. The van der Waals surface area contributed by atoms with Crippen LogP contribution >= 0.6 is 12.2 Å². The summed E-state index contributed by atoms with van der Waals surface area (Å²) >= 11 is 4.97. The zero-order valence-electron chi connectivity index (χ0n) is 9.94. The Bertz CT molecular complexity index is 371. The van der Waals surface area contributed by atoms with Gasteiger partial charge in [0.15, 0.2) is 0 Å². The van der Waals surface area contributed by atoms with Crippen LogP contribution in [0, 0.1) is 5.41 Å². The summed E-state index contributed by atoms with van der Waals surface area (Å²) in [7, 11) is 0. The number of rotatable bonds is 2. The summed E-state index contributed by atoms with van der Waals surface area (Å²) in [4.78, 5) is 27.3. The van der Waals surface area contributed by atoms with E-state index in [1.807, 2.05) is 0 Å². The quantitative estimate of drug-likeness (QED) is 0.691. The zero-order chi connectivity index (χ0) is 12.6. The summed E-state index contributed by atoms with van der Waals surface area (Å²) in [6.45, 7) is 3.93. The minimum Gasteiger partial charge on any atom is -0.392 e. The maximum absolute atomic E-state index is 12.3. The van der Waals surface area contributed by atoms with Gasteiger partial charge in [-0.15, -0.1) is 0 Å². The number of nitrogens with zero attached hydrogens (tertiary/aromatic N) is 2. The topological polar surface area (TPSA) is 66.6 Å². The van der Waals surface area contributed by atoms with E-state index in [2.05, 4.69) is 0 Å². The summed E-state index contributed by atoms with van der Waals surface area (Å²) in [5.41, 5.74) is 5.07. The third-order valence-corrected chi connectivity index (χ3v) is 4.03. The van der Waals surface area contributed by atoms with Gasteiger partial charge in [0.05, 0.1) is 10.4 Å². The SMILES string of the molecule is CC(=O)N1CCN(C(=O)C2(C(N)=S)CC2)CC1. The number of thiocarbonyl (C=S) groups is 1. The number of hydrogen-bond acceptors (Lipinski definition) is 3. The lowest BCUT2D eigenvalue weighted by molar-refractivity contribution is -0.140. The van der Waals surface area contributed by atoms with Gasteiger partial charge in [0, 0.05) is 33.1 Å². The van der Waals surface area contributed by atoms with Gasteiger partial charge in [-0.25, -0.2) is 0 Å². The molecule has 2 N–H and O–H groups in total. The Labute approximate surface area is 106 Å². The van der Waals surface area contributed by atoms with Crippen molar-refractivity contribution in [2.45, 2.75) is 19.8 Å². The third kappa shape index (κ3) is 2.13. The minimum atomic E-state index is -0.562. The Morgan fingerprint density at radius 3 is 1.94 bits per heavy atom. The monoisotopic (exact) mass is 255 g/mol. The van der Waals surface area contributed by atoms with Crippen molar-refractivity contribution in [3.63, 3.8) is 0 Å². The largest absolute Gasteiger partial charge is 0.392 e. The van der Waals surface area contributed by atoms with Gasteiger partial charge in [0.25, 0.3) is 0 Å². The van der Waals surface area contributed by atoms with E-state index in [0.717, 1.165) is 12.8 Å². The molecule has 0 unspecified atom stereocenters. The van der Waals surface area contributed by atoms with Crippen LogP contribution in [0.25, 0.3) is 0 Å². The molecule has 0 aromatic rings. The second-order valence-electron chi connectivity index (χ2n) is 4.74. The first-order chi connectivity index (χ1) is 7.97. The van der Waals surface area contributed by atoms with Gasteiger partial charge in [-0.2, -0.15) is 0 Å². The highest BCUT2D eigenvalue weighted by Crippen LogP contribution is 2.47. The van der Waals surface area contributed by atoms with Crippen LogP contribution in [-0.4, -0.2) is 52.8 Å². The van der Waals surface area contributed by atoms with Crippen molar-refractivity contribution in [3.05, 3.63) is 0 Å². The predicted molar refractivity (Wildman–Crippen MR) is 67.3 cm³/mol. The molecule has 1 heterocycles. The lowest BCUT2D eigenvalue weighted by atomic mass is 10.1. The molecular formula is C11H17N3O2S. The van der Waals surface area contributed by atoms with Gasteiger partial charge in [0.2, 0.25) is 11.8 Å². The first-order valence-corrected chi connectivity index (χ1v) is 6.23. The van der Waals surface area contributed by atoms with E-state index in [-0.39, 0.29) is 11.8 Å². The molecule has 17 heavy (non-hydrogen) atoms. The number of nitrogens with two attached hydrogens (primary N) is 1. The van der Waals surface area contributed by atoms with Crippen LogP contribution in [0.1, 0.15) is 19.8 Å². The van der Waals surface area contributed by atoms with Crippen molar-refractivity contribution < 1.29 is 9.59 Å². The smallest absolute Gasteiger partial charge is 0.235 e. The molecule has 0 atom stereocenters. The van der Waals surface area contributed by atoms with Gasteiger partial charge >= 0.3 is 0 Å². The highest BCUT2D eigenvalue weighted by molar-refractivity contribution is 7.80. The van der Waals surface area contributed by atoms with E-state index in [4.69, 9.17) is 18.0 Å². The molecule has 0 aromatic heterocycles. The van der Waals surface area contributed by atoms with Crippen LogP contribution < -0.4 is 5.73 Å². The molecule has 2 aliphatic rings. The molecule has 2 amide bonds. The van der Waals surface area contributed by atoms with E-state index >= 15 is 0 Å². The molecule has 0 radical (unpaired) electrons. The molecule has 1 aliphatic heterocycles. The van der Waals surface area contributed by atoms with Gasteiger partial charge in [-0.3, -0.25) is 9.59 Å². The highest BCUT2D eigenvalue weighted by Gasteiger charge is 2.54. The number of piperazine rings is 1. The average molecular weight is 255 g/mol. The van der Waals surface area contributed by atoms with Crippen LogP contribution in [0.3, 0.4) is 0 Å². The average Bonchev–Trinajstić information content (AvgIpc) is 3.09. The predicted octanol–water partition coefficient (Wildman–Crippen LogP) is -0.257. The summed E-state index contributed by atoms with van der Waals surface area (Å²) in [6.07, 6.45) is 1.54. The molecule has 94 valence electrons. The van der Waals surface area contributed by atoms with Crippen LogP contribution in [0.15, 0.2) is 0 Å². The molecule has 6 heteroatoms. The van der Waals surface area contributed by atoms with Gasteiger partial charge in [-0.05, 0) is 12.8 Å². The van der Waals surface area contributed by atoms with Crippen LogP contribution in [0.2, 0.25) is 0 Å². The van der Waals surface area contributed by atoms with E-state index in [9.17, 15) is 9.59 Å². The fourth-order valence-corrected chi connectivity index (χ4v) is 2.51. The van der Waals surface area contributed by atoms with Gasteiger partial charge in [0.1, 0.15) is 0 Å². The summed E-state index contributed by atoms with van der Waals surface area (Å²) in [5, 5.41) is 0. The molecule has 2 rings (SSSR count). The summed E-state index contributed by atoms with van der Waals surface area (Å²) < 4.78 is 0. The fourth-order valence-electron chi connectivity index (χ4n) is 2.22.